The summed E-state index contributed by atoms with van der Waals surface area (Å²) in [6, 6.07) is 1.22. The number of sulfonamides is 1. The van der Waals surface area contributed by atoms with E-state index in [0.29, 0.717) is 23.5 Å². The van der Waals surface area contributed by atoms with Gasteiger partial charge in [-0.1, -0.05) is 11.3 Å². The van der Waals surface area contributed by atoms with Crippen LogP contribution in [0.15, 0.2) is 17.0 Å². The molecule has 2 aromatic rings. The zero-order valence-corrected chi connectivity index (χ0v) is 11.9. The summed E-state index contributed by atoms with van der Waals surface area (Å²) in [5.41, 5.74) is -0.0673. The largest absolute Gasteiger partial charge is 0.291 e. The molecule has 5 nitrogen and oxygen atoms in total. The Morgan fingerprint density at radius 3 is 2.43 bits per heavy atom. The molecule has 0 unspecified atom stereocenters. The van der Waals surface area contributed by atoms with E-state index in [9.17, 15) is 26.0 Å². The summed E-state index contributed by atoms with van der Waals surface area (Å²) in [7, 11) is -4.50. The summed E-state index contributed by atoms with van der Waals surface area (Å²) in [5.74, 6) is -2.08. The SMILES string of the molecule is Cc1cc(F)c(S(=O)(=O)Nc2nnc(C(F)F)s2)cc1F. The van der Waals surface area contributed by atoms with Gasteiger partial charge < -0.3 is 0 Å². The lowest BCUT2D eigenvalue weighted by molar-refractivity contribution is 0.150. The van der Waals surface area contributed by atoms with Crippen LogP contribution in [-0.2, 0) is 10.0 Å². The third-order valence-electron chi connectivity index (χ3n) is 2.35. The molecule has 1 heterocycles. The van der Waals surface area contributed by atoms with Gasteiger partial charge in [-0.3, -0.25) is 4.72 Å². The standard InChI is InChI=1S/C10H7F4N3O2S2/c1-4-2-6(12)7(3-5(4)11)21(18,19)17-10-16-15-9(20-10)8(13)14/h2-3,8H,1H3,(H,16,17). The number of rotatable bonds is 4. The number of hydrogen-bond acceptors (Lipinski definition) is 5. The van der Waals surface area contributed by atoms with Crippen LogP contribution in [0.4, 0.5) is 22.7 Å². The lowest BCUT2D eigenvalue weighted by atomic mass is 10.2. The minimum atomic E-state index is -4.50. The number of halogens is 4. The fraction of sp³-hybridized carbons (Fsp3) is 0.200. The van der Waals surface area contributed by atoms with Gasteiger partial charge in [-0.2, -0.15) is 0 Å². The maximum atomic E-state index is 13.6. The summed E-state index contributed by atoms with van der Waals surface area (Å²) in [6.45, 7) is 1.27. The Bertz CT molecular complexity index is 777. The third kappa shape index (κ3) is 3.29. The Morgan fingerprint density at radius 2 is 1.86 bits per heavy atom. The molecule has 0 aliphatic carbocycles. The van der Waals surface area contributed by atoms with E-state index in [-0.39, 0.29) is 5.56 Å². The average molecular weight is 341 g/mol. The molecule has 0 saturated carbocycles. The van der Waals surface area contributed by atoms with Gasteiger partial charge in [0.25, 0.3) is 16.4 Å². The molecule has 0 bridgehead atoms. The number of aryl methyl sites for hydroxylation is 1. The van der Waals surface area contributed by atoms with Gasteiger partial charge >= 0.3 is 0 Å². The van der Waals surface area contributed by atoms with Gasteiger partial charge in [-0.15, -0.1) is 10.2 Å². The first kappa shape index (κ1) is 15.6. The summed E-state index contributed by atoms with van der Waals surface area (Å²) in [4.78, 5) is -0.945. The van der Waals surface area contributed by atoms with E-state index in [1.54, 1.807) is 4.72 Å². The third-order valence-corrected chi connectivity index (χ3v) is 4.68. The number of nitrogens with one attached hydrogen (secondary N) is 1. The van der Waals surface area contributed by atoms with Gasteiger partial charge in [0.15, 0.2) is 5.01 Å². The molecule has 0 aliphatic rings. The van der Waals surface area contributed by atoms with E-state index in [1.807, 2.05) is 0 Å². The van der Waals surface area contributed by atoms with Crippen molar-refractivity contribution >= 4 is 26.5 Å². The van der Waals surface area contributed by atoms with Crippen molar-refractivity contribution in [3.05, 3.63) is 34.3 Å². The van der Waals surface area contributed by atoms with E-state index < -0.39 is 43.1 Å². The van der Waals surface area contributed by atoms with Crippen LogP contribution in [0.1, 0.15) is 17.0 Å². The van der Waals surface area contributed by atoms with Gasteiger partial charge in [-0.25, -0.2) is 26.0 Å². The highest BCUT2D eigenvalue weighted by atomic mass is 32.2. The quantitative estimate of drug-likeness (QED) is 0.868. The van der Waals surface area contributed by atoms with Gasteiger partial charge in [0.2, 0.25) is 5.13 Å². The Balaban J connectivity index is 2.36. The molecule has 0 saturated heterocycles. The van der Waals surface area contributed by atoms with Crippen LogP contribution < -0.4 is 4.72 Å². The number of nitrogens with zero attached hydrogens (tertiary/aromatic N) is 2. The Labute approximate surface area is 120 Å². The molecular weight excluding hydrogens is 334 g/mol. The van der Waals surface area contributed by atoms with E-state index >= 15 is 0 Å². The predicted molar refractivity (Wildman–Crippen MR) is 66.8 cm³/mol. The maximum absolute atomic E-state index is 13.6. The number of alkyl halides is 2. The highest BCUT2D eigenvalue weighted by Crippen LogP contribution is 2.27. The van der Waals surface area contributed by atoms with E-state index in [4.69, 9.17) is 0 Å². The van der Waals surface area contributed by atoms with E-state index in [1.165, 1.54) is 6.92 Å². The van der Waals surface area contributed by atoms with Crippen molar-refractivity contribution in [1.29, 1.82) is 0 Å². The van der Waals surface area contributed by atoms with Gasteiger partial charge in [-0.05, 0) is 24.6 Å². The molecule has 1 aromatic heterocycles. The minimum Gasteiger partial charge on any atom is -0.253 e. The first-order valence-corrected chi connectivity index (χ1v) is 7.60. The second-order valence-corrected chi connectivity index (χ2v) is 6.54. The molecular formula is C10H7F4N3O2S2. The average Bonchev–Trinajstić information content (AvgIpc) is 2.81. The topological polar surface area (TPSA) is 72.0 Å². The van der Waals surface area contributed by atoms with Crippen LogP contribution in [-0.4, -0.2) is 18.6 Å². The Morgan fingerprint density at radius 1 is 1.19 bits per heavy atom. The van der Waals surface area contributed by atoms with Crippen molar-refractivity contribution < 1.29 is 26.0 Å². The monoisotopic (exact) mass is 341 g/mol. The smallest absolute Gasteiger partial charge is 0.253 e. The first-order chi connectivity index (χ1) is 9.70. The van der Waals surface area contributed by atoms with Crippen LogP contribution in [0, 0.1) is 18.6 Å². The van der Waals surface area contributed by atoms with Gasteiger partial charge in [0, 0.05) is 0 Å². The fourth-order valence-corrected chi connectivity index (χ4v) is 3.27. The van der Waals surface area contributed by atoms with Crippen LogP contribution in [0.5, 0.6) is 0 Å². The molecule has 1 aromatic carbocycles. The molecule has 0 spiro atoms. The van der Waals surface area contributed by atoms with Crippen molar-refractivity contribution in [3.63, 3.8) is 0 Å². The fourth-order valence-electron chi connectivity index (χ4n) is 1.37. The van der Waals surface area contributed by atoms with Crippen molar-refractivity contribution in [2.24, 2.45) is 0 Å². The first-order valence-electron chi connectivity index (χ1n) is 5.30. The van der Waals surface area contributed by atoms with Crippen LogP contribution in [0.25, 0.3) is 0 Å². The van der Waals surface area contributed by atoms with Crippen molar-refractivity contribution in [1.82, 2.24) is 10.2 Å². The lowest BCUT2D eigenvalue weighted by Crippen LogP contribution is -2.15. The zero-order chi connectivity index (χ0) is 15.8. The van der Waals surface area contributed by atoms with Crippen LogP contribution in [0.3, 0.4) is 0 Å². The molecule has 1 N–H and O–H groups in total. The van der Waals surface area contributed by atoms with Crippen molar-refractivity contribution in [2.45, 2.75) is 18.2 Å². The van der Waals surface area contributed by atoms with Crippen molar-refractivity contribution in [3.8, 4) is 0 Å². The number of benzene rings is 1. The van der Waals surface area contributed by atoms with Gasteiger partial charge in [0.1, 0.15) is 16.5 Å². The zero-order valence-electron chi connectivity index (χ0n) is 10.3. The number of hydrogen-bond donors (Lipinski definition) is 1. The molecule has 0 atom stereocenters. The Kier molecular flexibility index (Phi) is 4.14. The number of aromatic nitrogens is 2. The molecule has 0 aliphatic heterocycles. The summed E-state index contributed by atoms with van der Waals surface area (Å²) in [6.07, 6.45) is -2.91. The molecule has 0 amide bonds. The maximum Gasteiger partial charge on any atom is 0.291 e. The van der Waals surface area contributed by atoms with Crippen molar-refractivity contribution in [2.75, 3.05) is 4.72 Å². The normalized spacial score (nSPS) is 11.9. The molecule has 11 heteroatoms. The molecule has 21 heavy (non-hydrogen) atoms. The predicted octanol–water partition coefficient (Wildman–Crippen LogP) is 2.86. The molecule has 0 radical (unpaired) electrons. The van der Waals surface area contributed by atoms with Gasteiger partial charge in [0.05, 0.1) is 0 Å². The summed E-state index contributed by atoms with van der Waals surface area (Å²) < 4.78 is 77.2. The molecule has 2 rings (SSSR count). The second kappa shape index (κ2) is 5.56. The highest BCUT2D eigenvalue weighted by molar-refractivity contribution is 7.93. The lowest BCUT2D eigenvalue weighted by Gasteiger charge is -2.07. The summed E-state index contributed by atoms with van der Waals surface area (Å²) in [5, 5.41) is 5.11. The van der Waals surface area contributed by atoms with E-state index in [0.717, 1.165) is 0 Å². The minimum absolute atomic E-state index is 0.0673. The summed E-state index contributed by atoms with van der Waals surface area (Å²) >= 11 is 0.297. The second-order valence-electron chi connectivity index (χ2n) is 3.88. The van der Waals surface area contributed by atoms with E-state index in [2.05, 4.69) is 10.2 Å². The molecule has 0 fully saturated rings. The highest BCUT2D eigenvalue weighted by Gasteiger charge is 2.24. The number of anilines is 1. The van der Waals surface area contributed by atoms with Crippen LogP contribution >= 0.6 is 11.3 Å². The Hall–Kier alpha value is -1.75. The molecule has 114 valence electrons. The van der Waals surface area contributed by atoms with Crippen LogP contribution in [0.2, 0.25) is 0 Å².